The highest BCUT2D eigenvalue weighted by Crippen LogP contribution is 2.22. The fourth-order valence-corrected chi connectivity index (χ4v) is 1.85. The normalized spacial score (nSPS) is 10.6. The monoisotopic (exact) mass is 252 g/mol. The molecule has 0 aliphatic carbocycles. The van der Waals surface area contributed by atoms with E-state index in [0.29, 0.717) is 11.3 Å². The molecule has 0 unspecified atom stereocenters. The van der Waals surface area contributed by atoms with E-state index in [1.54, 1.807) is 12.1 Å². The maximum atomic E-state index is 11.8. The molecule has 0 aliphatic rings. The Balaban J connectivity index is 2.03. The SMILES string of the molecule is Cc1ccc(Oc2cc3ccccc3oc2=O)cc1. The Morgan fingerprint density at radius 1 is 1.00 bits per heavy atom. The van der Waals surface area contributed by atoms with Crippen molar-refractivity contribution < 1.29 is 9.15 Å². The molecule has 0 saturated heterocycles. The van der Waals surface area contributed by atoms with Gasteiger partial charge in [-0.3, -0.25) is 0 Å². The summed E-state index contributed by atoms with van der Waals surface area (Å²) in [6.07, 6.45) is 0. The number of aryl methyl sites for hydroxylation is 1. The standard InChI is InChI=1S/C16H12O3/c1-11-6-8-13(9-7-11)18-15-10-12-4-2-3-5-14(12)19-16(15)17/h2-10H,1H3. The summed E-state index contributed by atoms with van der Waals surface area (Å²) in [5, 5.41) is 0.837. The Labute approximate surface area is 110 Å². The van der Waals surface area contributed by atoms with Crippen LogP contribution in [0.25, 0.3) is 11.0 Å². The van der Waals surface area contributed by atoms with Crippen LogP contribution in [0.1, 0.15) is 5.56 Å². The Kier molecular flexibility index (Phi) is 2.80. The first-order valence-electron chi connectivity index (χ1n) is 6.00. The Morgan fingerprint density at radius 3 is 2.53 bits per heavy atom. The summed E-state index contributed by atoms with van der Waals surface area (Å²) in [5.74, 6) is 0.815. The van der Waals surface area contributed by atoms with Crippen LogP contribution < -0.4 is 10.4 Å². The quantitative estimate of drug-likeness (QED) is 0.649. The lowest BCUT2D eigenvalue weighted by atomic mass is 10.2. The third-order valence-electron chi connectivity index (χ3n) is 2.86. The zero-order chi connectivity index (χ0) is 13.2. The molecule has 0 fully saturated rings. The third kappa shape index (κ3) is 2.36. The first kappa shape index (κ1) is 11.5. The minimum atomic E-state index is -0.473. The van der Waals surface area contributed by atoms with E-state index in [9.17, 15) is 4.79 Å². The van der Waals surface area contributed by atoms with Crippen molar-refractivity contribution in [2.75, 3.05) is 0 Å². The van der Waals surface area contributed by atoms with E-state index in [1.807, 2.05) is 49.4 Å². The predicted molar refractivity (Wildman–Crippen MR) is 73.7 cm³/mol. The van der Waals surface area contributed by atoms with Crippen LogP contribution in [0, 0.1) is 6.92 Å². The van der Waals surface area contributed by atoms with E-state index in [2.05, 4.69) is 0 Å². The number of para-hydroxylation sites is 1. The lowest BCUT2D eigenvalue weighted by molar-refractivity contribution is 0.437. The van der Waals surface area contributed by atoms with Crippen molar-refractivity contribution in [2.45, 2.75) is 6.92 Å². The van der Waals surface area contributed by atoms with E-state index in [-0.39, 0.29) is 5.75 Å². The first-order valence-corrected chi connectivity index (χ1v) is 6.00. The van der Waals surface area contributed by atoms with Gasteiger partial charge in [0.05, 0.1) is 0 Å². The smallest absolute Gasteiger partial charge is 0.379 e. The molecule has 0 radical (unpaired) electrons. The van der Waals surface area contributed by atoms with Crippen molar-refractivity contribution in [1.82, 2.24) is 0 Å². The van der Waals surface area contributed by atoms with Gasteiger partial charge in [0, 0.05) is 5.39 Å². The summed E-state index contributed by atoms with van der Waals surface area (Å²) in [4.78, 5) is 11.8. The molecule has 0 N–H and O–H groups in total. The molecule has 3 heteroatoms. The second-order valence-corrected chi connectivity index (χ2v) is 4.35. The number of fused-ring (bicyclic) bond motifs is 1. The van der Waals surface area contributed by atoms with Crippen LogP contribution >= 0.6 is 0 Å². The first-order chi connectivity index (χ1) is 9.22. The molecule has 3 rings (SSSR count). The second kappa shape index (κ2) is 4.61. The summed E-state index contributed by atoms with van der Waals surface area (Å²) >= 11 is 0. The average Bonchev–Trinajstić information content (AvgIpc) is 2.42. The molecule has 0 saturated carbocycles. The van der Waals surface area contributed by atoms with Crippen molar-refractivity contribution in [3.05, 3.63) is 70.6 Å². The molecule has 1 aromatic heterocycles. The van der Waals surface area contributed by atoms with Crippen molar-refractivity contribution >= 4 is 11.0 Å². The molecule has 2 aromatic carbocycles. The fraction of sp³-hybridized carbons (Fsp3) is 0.0625. The van der Waals surface area contributed by atoms with Gasteiger partial charge in [-0.1, -0.05) is 35.9 Å². The van der Waals surface area contributed by atoms with Crippen LogP contribution in [-0.4, -0.2) is 0 Å². The minimum absolute atomic E-state index is 0.197. The van der Waals surface area contributed by atoms with Crippen LogP contribution in [-0.2, 0) is 0 Å². The van der Waals surface area contributed by atoms with E-state index in [0.717, 1.165) is 10.9 Å². The molecule has 0 aliphatic heterocycles. The molecule has 3 nitrogen and oxygen atoms in total. The van der Waals surface area contributed by atoms with Gasteiger partial charge in [0.2, 0.25) is 5.75 Å². The third-order valence-corrected chi connectivity index (χ3v) is 2.86. The maximum Gasteiger partial charge on any atom is 0.379 e. The zero-order valence-electron chi connectivity index (χ0n) is 10.4. The largest absolute Gasteiger partial charge is 0.450 e. The lowest BCUT2D eigenvalue weighted by Gasteiger charge is -2.05. The number of ether oxygens (including phenoxy) is 1. The van der Waals surface area contributed by atoms with E-state index >= 15 is 0 Å². The molecular formula is C16H12O3. The second-order valence-electron chi connectivity index (χ2n) is 4.35. The Bertz CT molecular complexity index is 770. The summed E-state index contributed by atoms with van der Waals surface area (Å²) in [7, 11) is 0. The maximum absolute atomic E-state index is 11.8. The van der Waals surface area contributed by atoms with E-state index in [4.69, 9.17) is 9.15 Å². The lowest BCUT2D eigenvalue weighted by Crippen LogP contribution is -2.02. The van der Waals surface area contributed by atoms with Gasteiger partial charge in [-0.15, -0.1) is 0 Å². The molecule has 1 heterocycles. The van der Waals surface area contributed by atoms with Crippen LogP contribution in [0.2, 0.25) is 0 Å². The summed E-state index contributed by atoms with van der Waals surface area (Å²) in [6.45, 7) is 1.99. The topological polar surface area (TPSA) is 39.4 Å². The number of benzene rings is 2. The van der Waals surface area contributed by atoms with Gasteiger partial charge < -0.3 is 9.15 Å². The highest BCUT2D eigenvalue weighted by atomic mass is 16.5. The van der Waals surface area contributed by atoms with Crippen LogP contribution in [0.3, 0.4) is 0 Å². The predicted octanol–water partition coefficient (Wildman–Crippen LogP) is 3.89. The molecule has 0 atom stereocenters. The highest BCUT2D eigenvalue weighted by molar-refractivity contribution is 5.77. The summed E-state index contributed by atoms with van der Waals surface area (Å²) < 4.78 is 10.8. The summed E-state index contributed by atoms with van der Waals surface area (Å²) in [6, 6.07) is 16.5. The van der Waals surface area contributed by atoms with E-state index < -0.39 is 5.63 Å². The van der Waals surface area contributed by atoms with Crippen LogP contribution in [0.15, 0.2) is 63.8 Å². The number of hydrogen-bond donors (Lipinski definition) is 0. The van der Waals surface area contributed by atoms with Gasteiger partial charge in [-0.2, -0.15) is 0 Å². The van der Waals surface area contributed by atoms with Crippen LogP contribution in [0.4, 0.5) is 0 Å². The van der Waals surface area contributed by atoms with Crippen LogP contribution in [0.5, 0.6) is 11.5 Å². The molecule has 0 bridgehead atoms. The van der Waals surface area contributed by atoms with E-state index in [1.165, 1.54) is 0 Å². The molecule has 0 spiro atoms. The Hall–Kier alpha value is -2.55. The highest BCUT2D eigenvalue weighted by Gasteiger charge is 2.07. The van der Waals surface area contributed by atoms with Crippen molar-refractivity contribution in [2.24, 2.45) is 0 Å². The number of hydrogen-bond acceptors (Lipinski definition) is 3. The Morgan fingerprint density at radius 2 is 1.74 bits per heavy atom. The van der Waals surface area contributed by atoms with Gasteiger partial charge in [0.15, 0.2) is 0 Å². The zero-order valence-corrected chi connectivity index (χ0v) is 10.4. The minimum Gasteiger partial charge on any atom is -0.450 e. The average molecular weight is 252 g/mol. The molecule has 0 amide bonds. The summed E-state index contributed by atoms with van der Waals surface area (Å²) in [5.41, 5.74) is 1.22. The van der Waals surface area contributed by atoms with Gasteiger partial charge in [0.25, 0.3) is 0 Å². The molecule has 3 aromatic rings. The molecular weight excluding hydrogens is 240 g/mol. The van der Waals surface area contributed by atoms with Crippen molar-refractivity contribution in [1.29, 1.82) is 0 Å². The van der Waals surface area contributed by atoms with Gasteiger partial charge in [-0.05, 0) is 31.2 Å². The van der Waals surface area contributed by atoms with Gasteiger partial charge in [-0.25, -0.2) is 4.79 Å². The fourth-order valence-electron chi connectivity index (χ4n) is 1.85. The molecule has 19 heavy (non-hydrogen) atoms. The van der Waals surface area contributed by atoms with Gasteiger partial charge >= 0.3 is 5.63 Å². The molecule has 94 valence electrons. The van der Waals surface area contributed by atoms with Crippen molar-refractivity contribution in [3.63, 3.8) is 0 Å². The van der Waals surface area contributed by atoms with Gasteiger partial charge in [0.1, 0.15) is 11.3 Å². The number of rotatable bonds is 2. The van der Waals surface area contributed by atoms with Crippen molar-refractivity contribution in [3.8, 4) is 11.5 Å².